The van der Waals surface area contributed by atoms with Crippen LogP contribution in [0.1, 0.15) is 32.3 Å². The molecule has 106 valence electrons. The molecule has 0 aromatic carbocycles. The molecule has 0 bridgehead atoms. The first kappa shape index (κ1) is 15.9. The smallest absolute Gasteiger partial charge is 0.246 e. The van der Waals surface area contributed by atoms with Gasteiger partial charge >= 0.3 is 0 Å². The molecule has 1 amide bonds. The summed E-state index contributed by atoms with van der Waals surface area (Å²) in [5, 5.41) is 4.04. The molecule has 1 aromatic rings. The average molecular weight is 281 g/mol. The van der Waals surface area contributed by atoms with Crippen LogP contribution >= 0.6 is 11.3 Å². The van der Waals surface area contributed by atoms with Crippen LogP contribution in [0, 0.1) is 0 Å². The molecule has 0 fully saturated rings. The maximum atomic E-state index is 12.3. The van der Waals surface area contributed by atoms with Gasteiger partial charge in [-0.05, 0) is 41.3 Å². The van der Waals surface area contributed by atoms with Crippen LogP contribution in [-0.2, 0) is 9.53 Å². The van der Waals surface area contributed by atoms with E-state index in [0.717, 1.165) is 18.4 Å². The number of hydrogen-bond donors (Lipinski definition) is 0. The fraction of sp³-hybridized carbons (Fsp3) is 0.533. The lowest BCUT2D eigenvalue weighted by molar-refractivity contribution is -0.129. The van der Waals surface area contributed by atoms with Gasteiger partial charge in [-0.15, -0.1) is 0 Å². The molecule has 0 N–H and O–H groups in total. The number of amides is 1. The number of carbonyl (C=O) groups excluding carboxylic acids is 1. The van der Waals surface area contributed by atoms with Gasteiger partial charge in [0.15, 0.2) is 0 Å². The number of hydrogen-bond acceptors (Lipinski definition) is 3. The van der Waals surface area contributed by atoms with E-state index < -0.39 is 0 Å². The lowest BCUT2D eigenvalue weighted by Crippen LogP contribution is -2.40. The summed E-state index contributed by atoms with van der Waals surface area (Å²) in [5.41, 5.74) is 1.08. The topological polar surface area (TPSA) is 29.5 Å². The largest absolute Gasteiger partial charge is 0.383 e. The monoisotopic (exact) mass is 281 g/mol. The molecule has 1 aromatic heterocycles. The summed E-state index contributed by atoms with van der Waals surface area (Å²) >= 11 is 1.63. The molecule has 0 atom stereocenters. The minimum absolute atomic E-state index is 0.0666. The van der Waals surface area contributed by atoms with Crippen molar-refractivity contribution >= 4 is 23.3 Å². The van der Waals surface area contributed by atoms with Crippen LogP contribution < -0.4 is 0 Å². The summed E-state index contributed by atoms with van der Waals surface area (Å²) in [4.78, 5) is 14.2. The Hall–Kier alpha value is -1.13. The van der Waals surface area contributed by atoms with Crippen molar-refractivity contribution in [3.63, 3.8) is 0 Å². The van der Waals surface area contributed by atoms with Crippen molar-refractivity contribution in [3.8, 4) is 0 Å². The van der Waals surface area contributed by atoms with Gasteiger partial charge in [0.25, 0.3) is 0 Å². The van der Waals surface area contributed by atoms with Crippen LogP contribution in [0.15, 0.2) is 22.9 Å². The fourth-order valence-corrected chi connectivity index (χ4v) is 2.65. The molecule has 0 spiro atoms. The lowest BCUT2D eigenvalue weighted by Gasteiger charge is -2.29. The first-order chi connectivity index (χ1) is 9.22. The maximum Gasteiger partial charge on any atom is 0.246 e. The molecule has 0 saturated carbocycles. The van der Waals surface area contributed by atoms with E-state index in [1.54, 1.807) is 24.5 Å². The molecule has 4 heteroatoms. The molecule has 19 heavy (non-hydrogen) atoms. The highest BCUT2D eigenvalue weighted by molar-refractivity contribution is 7.08. The van der Waals surface area contributed by atoms with Crippen molar-refractivity contribution in [2.75, 3.05) is 20.3 Å². The van der Waals surface area contributed by atoms with Crippen molar-refractivity contribution in [2.24, 2.45) is 0 Å². The summed E-state index contributed by atoms with van der Waals surface area (Å²) in [6.07, 6.45) is 5.48. The first-order valence-electron chi connectivity index (χ1n) is 6.72. The SMILES string of the molecule is CCC(CC)N(CCOC)C(=O)/C=C/c1ccsc1. The maximum absolute atomic E-state index is 12.3. The molecule has 0 aliphatic carbocycles. The molecule has 1 heterocycles. The van der Waals surface area contributed by atoms with Gasteiger partial charge in [0, 0.05) is 25.8 Å². The van der Waals surface area contributed by atoms with E-state index in [4.69, 9.17) is 4.74 Å². The van der Waals surface area contributed by atoms with Gasteiger partial charge < -0.3 is 9.64 Å². The van der Waals surface area contributed by atoms with Gasteiger partial charge in [0.2, 0.25) is 5.91 Å². The predicted molar refractivity (Wildman–Crippen MR) is 81.3 cm³/mol. The van der Waals surface area contributed by atoms with Crippen molar-refractivity contribution in [1.29, 1.82) is 0 Å². The molecule has 0 aliphatic heterocycles. The van der Waals surface area contributed by atoms with E-state index in [-0.39, 0.29) is 11.9 Å². The van der Waals surface area contributed by atoms with Crippen LogP contribution in [0.2, 0.25) is 0 Å². The van der Waals surface area contributed by atoms with Gasteiger partial charge in [-0.25, -0.2) is 0 Å². The second-order valence-electron chi connectivity index (χ2n) is 4.38. The minimum Gasteiger partial charge on any atom is -0.383 e. The normalized spacial score (nSPS) is 11.4. The van der Waals surface area contributed by atoms with Crippen LogP contribution in [-0.4, -0.2) is 37.1 Å². The Labute approximate surface area is 119 Å². The standard InChI is InChI=1S/C15H23NO2S/c1-4-14(5-2)16(9-10-18-3)15(17)7-6-13-8-11-19-12-13/h6-8,11-12,14H,4-5,9-10H2,1-3H3/b7-6+. The fourth-order valence-electron chi connectivity index (χ4n) is 2.02. The molecule has 0 aliphatic rings. The van der Waals surface area contributed by atoms with Gasteiger partial charge in [0.1, 0.15) is 0 Å². The van der Waals surface area contributed by atoms with Gasteiger partial charge in [-0.2, -0.15) is 11.3 Å². The van der Waals surface area contributed by atoms with E-state index in [9.17, 15) is 4.79 Å². The quantitative estimate of drug-likeness (QED) is 0.683. The second kappa shape index (κ2) is 8.88. The average Bonchev–Trinajstić information content (AvgIpc) is 2.94. The predicted octanol–water partition coefficient (Wildman–Crippen LogP) is 3.42. The van der Waals surface area contributed by atoms with Crippen LogP contribution in [0.25, 0.3) is 6.08 Å². The Morgan fingerprint density at radius 3 is 2.74 bits per heavy atom. The zero-order valence-electron chi connectivity index (χ0n) is 12.0. The summed E-state index contributed by atoms with van der Waals surface area (Å²) in [6, 6.07) is 2.29. The third-order valence-corrected chi connectivity index (χ3v) is 3.87. The molecule has 0 unspecified atom stereocenters. The van der Waals surface area contributed by atoms with E-state index in [0.29, 0.717) is 13.2 Å². The summed E-state index contributed by atoms with van der Waals surface area (Å²) < 4.78 is 5.10. The van der Waals surface area contributed by atoms with Gasteiger partial charge in [0.05, 0.1) is 6.61 Å². The molecule has 1 rings (SSSR count). The van der Waals surface area contributed by atoms with Crippen LogP contribution in [0.4, 0.5) is 0 Å². The Balaban J connectivity index is 2.69. The number of rotatable bonds is 8. The Bertz CT molecular complexity index is 383. The zero-order valence-corrected chi connectivity index (χ0v) is 12.8. The van der Waals surface area contributed by atoms with E-state index in [2.05, 4.69) is 13.8 Å². The summed E-state index contributed by atoms with van der Waals surface area (Å²) in [5.74, 6) is 0.0666. The molecule has 0 radical (unpaired) electrons. The Morgan fingerprint density at radius 1 is 1.47 bits per heavy atom. The zero-order chi connectivity index (χ0) is 14.1. The highest BCUT2D eigenvalue weighted by atomic mass is 32.1. The minimum atomic E-state index is 0.0666. The van der Waals surface area contributed by atoms with E-state index in [1.807, 2.05) is 27.8 Å². The highest BCUT2D eigenvalue weighted by Crippen LogP contribution is 2.12. The Morgan fingerprint density at radius 2 is 2.21 bits per heavy atom. The van der Waals surface area contributed by atoms with Gasteiger partial charge in [-0.1, -0.05) is 13.8 Å². The van der Waals surface area contributed by atoms with Gasteiger partial charge in [-0.3, -0.25) is 4.79 Å². The molecular weight excluding hydrogens is 258 g/mol. The first-order valence-corrected chi connectivity index (χ1v) is 7.67. The lowest BCUT2D eigenvalue weighted by atomic mass is 10.1. The third kappa shape index (κ3) is 5.17. The molecular formula is C15H23NO2S. The van der Waals surface area contributed by atoms with E-state index >= 15 is 0 Å². The highest BCUT2D eigenvalue weighted by Gasteiger charge is 2.18. The van der Waals surface area contributed by atoms with E-state index in [1.165, 1.54) is 0 Å². The van der Waals surface area contributed by atoms with Crippen LogP contribution in [0.5, 0.6) is 0 Å². The molecule has 0 saturated heterocycles. The Kier molecular flexibility index (Phi) is 7.45. The number of ether oxygens (including phenoxy) is 1. The second-order valence-corrected chi connectivity index (χ2v) is 5.16. The van der Waals surface area contributed by atoms with Crippen molar-refractivity contribution in [3.05, 3.63) is 28.5 Å². The third-order valence-electron chi connectivity index (χ3n) is 3.16. The van der Waals surface area contributed by atoms with Crippen LogP contribution in [0.3, 0.4) is 0 Å². The summed E-state index contributed by atoms with van der Waals surface area (Å²) in [7, 11) is 1.66. The number of thiophene rings is 1. The van der Waals surface area contributed by atoms with Crippen molar-refractivity contribution in [1.82, 2.24) is 4.90 Å². The van der Waals surface area contributed by atoms with Crippen molar-refractivity contribution in [2.45, 2.75) is 32.7 Å². The number of nitrogens with zero attached hydrogens (tertiary/aromatic N) is 1. The van der Waals surface area contributed by atoms with Crippen molar-refractivity contribution < 1.29 is 9.53 Å². The summed E-state index contributed by atoms with van der Waals surface area (Å²) in [6.45, 7) is 5.46. The molecule has 3 nitrogen and oxygen atoms in total. The number of carbonyl (C=O) groups is 1. The number of methoxy groups -OCH3 is 1.